The van der Waals surface area contributed by atoms with Gasteiger partial charge in [-0.1, -0.05) is 11.6 Å². The molecule has 0 aromatic heterocycles. The quantitative estimate of drug-likeness (QED) is 0.480. The number of rotatable bonds is 1. The van der Waals surface area contributed by atoms with Gasteiger partial charge in [-0.15, -0.1) is 0 Å². The monoisotopic (exact) mass is 200 g/mol. The van der Waals surface area contributed by atoms with Gasteiger partial charge in [0.1, 0.15) is 5.03 Å². The van der Waals surface area contributed by atoms with Crippen molar-refractivity contribution in [2.75, 3.05) is 7.11 Å². The summed E-state index contributed by atoms with van der Waals surface area (Å²) in [6.07, 6.45) is 4.74. The molecule has 0 saturated heterocycles. The molecule has 0 radical (unpaired) electrons. The van der Waals surface area contributed by atoms with Crippen molar-refractivity contribution in [2.45, 2.75) is 25.7 Å². The first kappa shape index (κ1) is 9.07. The molecule has 2 aliphatic carbocycles. The molecule has 2 saturated carbocycles. The van der Waals surface area contributed by atoms with Crippen molar-refractivity contribution in [3.63, 3.8) is 0 Å². The number of esters is 1. The summed E-state index contributed by atoms with van der Waals surface area (Å²) >= 11 is 5.94. The summed E-state index contributed by atoms with van der Waals surface area (Å²) in [7, 11) is 1.37. The van der Waals surface area contributed by atoms with Crippen LogP contribution in [0.4, 0.5) is 0 Å². The summed E-state index contributed by atoms with van der Waals surface area (Å²) in [5.74, 6) is 0.972. The van der Waals surface area contributed by atoms with Gasteiger partial charge in [-0.3, -0.25) is 0 Å². The molecule has 2 bridgehead atoms. The van der Waals surface area contributed by atoms with Gasteiger partial charge >= 0.3 is 5.97 Å². The summed E-state index contributed by atoms with van der Waals surface area (Å²) < 4.78 is 4.60. The first-order chi connectivity index (χ1) is 6.22. The third-order valence-corrected chi connectivity index (χ3v) is 3.59. The van der Waals surface area contributed by atoms with E-state index in [0.717, 1.165) is 17.9 Å². The molecule has 3 heteroatoms. The molecular weight excluding hydrogens is 188 g/mol. The van der Waals surface area contributed by atoms with Crippen molar-refractivity contribution in [3.05, 3.63) is 10.6 Å². The van der Waals surface area contributed by atoms with Crippen molar-refractivity contribution in [1.82, 2.24) is 0 Å². The molecule has 0 aromatic rings. The van der Waals surface area contributed by atoms with Gasteiger partial charge in [-0.05, 0) is 43.1 Å². The van der Waals surface area contributed by atoms with Crippen LogP contribution in [0.1, 0.15) is 25.7 Å². The van der Waals surface area contributed by atoms with Gasteiger partial charge in [0.15, 0.2) is 0 Å². The first-order valence-electron chi connectivity index (χ1n) is 4.69. The van der Waals surface area contributed by atoms with Crippen molar-refractivity contribution in [2.24, 2.45) is 11.8 Å². The number of hydrogen-bond donors (Lipinski definition) is 0. The number of fused-ring (bicyclic) bond motifs is 2. The Morgan fingerprint density at radius 1 is 1.54 bits per heavy atom. The molecule has 0 aromatic carbocycles. The topological polar surface area (TPSA) is 26.3 Å². The highest BCUT2D eigenvalue weighted by molar-refractivity contribution is 6.41. The van der Waals surface area contributed by atoms with Crippen molar-refractivity contribution >= 4 is 17.6 Å². The fraction of sp³-hybridized carbons (Fsp3) is 0.700. The summed E-state index contributed by atoms with van der Waals surface area (Å²) in [6.45, 7) is 0. The SMILES string of the molecule is COC(=O)C(Cl)=C1CC2CCC1C2. The minimum Gasteiger partial charge on any atom is -0.465 e. The Labute approximate surface area is 82.9 Å². The Hall–Kier alpha value is -0.500. The van der Waals surface area contributed by atoms with Crippen LogP contribution in [0.2, 0.25) is 0 Å². The van der Waals surface area contributed by atoms with Crippen LogP contribution in [-0.4, -0.2) is 13.1 Å². The minimum atomic E-state index is -0.371. The lowest BCUT2D eigenvalue weighted by Crippen LogP contribution is -2.07. The lowest BCUT2D eigenvalue weighted by molar-refractivity contribution is -0.135. The van der Waals surface area contributed by atoms with Gasteiger partial charge in [0.05, 0.1) is 7.11 Å². The highest BCUT2D eigenvalue weighted by Crippen LogP contribution is 2.49. The molecule has 0 N–H and O–H groups in total. The van der Waals surface area contributed by atoms with Crippen LogP contribution < -0.4 is 0 Å². The number of ether oxygens (including phenoxy) is 1. The van der Waals surface area contributed by atoms with E-state index < -0.39 is 0 Å². The zero-order valence-corrected chi connectivity index (χ0v) is 8.43. The lowest BCUT2D eigenvalue weighted by atomic mass is 9.94. The molecule has 0 heterocycles. The van der Waals surface area contributed by atoms with Crippen LogP contribution in [0, 0.1) is 11.8 Å². The molecule has 0 spiro atoms. The van der Waals surface area contributed by atoms with Gasteiger partial charge in [-0.2, -0.15) is 0 Å². The molecule has 13 heavy (non-hydrogen) atoms. The third-order valence-electron chi connectivity index (χ3n) is 3.19. The molecule has 2 rings (SSSR count). The maximum Gasteiger partial charge on any atom is 0.349 e. The summed E-state index contributed by atoms with van der Waals surface area (Å²) in [6, 6.07) is 0. The molecule has 2 aliphatic rings. The maximum atomic E-state index is 11.2. The Kier molecular flexibility index (Phi) is 2.33. The lowest BCUT2D eigenvalue weighted by Gasteiger charge is -2.14. The van der Waals surface area contributed by atoms with Crippen LogP contribution in [0.15, 0.2) is 10.6 Å². The Morgan fingerprint density at radius 3 is 2.77 bits per heavy atom. The zero-order chi connectivity index (χ0) is 9.42. The molecule has 0 aliphatic heterocycles. The molecule has 2 fully saturated rings. The van der Waals surface area contributed by atoms with E-state index in [4.69, 9.17) is 11.6 Å². The molecule has 0 amide bonds. The average molecular weight is 201 g/mol. The molecule has 72 valence electrons. The number of methoxy groups -OCH3 is 1. The smallest absolute Gasteiger partial charge is 0.349 e. The van der Waals surface area contributed by atoms with Crippen LogP contribution in [0.25, 0.3) is 0 Å². The Balaban J connectivity index is 2.20. The van der Waals surface area contributed by atoms with E-state index in [9.17, 15) is 4.79 Å². The number of halogens is 1. The van der Waals surface area contributed by atoms with Crippen LogP contribution in [-0.2, 0) is 9.53 Å². The summed E-state index contributed by atoms with van der Waals surface area (Å²) in [5, 5.41) is 0.342. The molecular formula is C10H13ClO2. The van der Waals surface area contributed by atoms with E-state index in [1.165, 1.54) is 26.4 Å². The van der Waals surface area contributed by atoms with Crippen molar-refractivity contribution < 1.29 is 9.53 Å². The van der Waals surface area contributed by atoms with Crippen molar-refractivity contribution in [1.29, 1.82) is 0 Å². The highest BCUT2D eigenvalue weighted by atomic mass is 35.5. The first-order valence-corrected chi connectivity index (χ1v) is 5.07. The standard InChI is InChI=1S/C10H13ClO2/c1-13-10(12)9(11)8-5-6-2-3-7(8)4-6/h6-7H,2-5H2,1H3. The average Bonchev–Trinajstić information content (AvgIpc) is 2.76. The van der Waals surface area contributed by atoms with Gasteiger partial charge in [0.2, 0.25) is 0 Å². The summed E-state index contributed by atoms with van der Waals surface area (Å²) in [5.41, 5.74) is 1.14. The number of carbonyl (C=O) groups excluding carboxylic acids is 1. The van der Waals surface area contributed by atoms with Crippen LogP contribution in [0.5, 0.6) is 0 Å². The fourth-order valence-electron chi connectivity index (χ4n) is 2.54. The Morgan fingerprint density at radius 2 is 2.31 bits per heavy atom. The zero-order valence-electron chi connectivity index (χ0n) is 7.68. The molecule has 2 unspecified atom stereocenters. The number of carbonyl (C=O) groups is 1. The largest absolute Gasteiger partial charge is 0.465 e. The van der Waals surface area contributed by atoms with Crippen molar-refractivity contribution in [3.8, 4) is 0 Å². The van der Waals surface area contributed by atoms with E-state index >= 15 is 0 Å². The van der Waals surface area contributed by atoms with Crippen LogP contribution in [0.3, 0.4) is 0 Å². The van der Waals surface area contributed by atoms with E-state index in [1.54, 1.807) is 0 Å². The second-order valence-corrected chi connectivity index (χ2v) is 4.29. The van der Waals surface area contributed by atoms with Gasteiger partial charge < -0.3 is 4.74 Å². The molecule has 2 atom stereocenters. The number of hydrogen-bond acceptors (Lipinski definition) is 2. The van der Waals surface area contributed by atoms with Gasteiger partial charge in [-0.25, -0.2) is 4.79 Å². The highest BCUT2D eigenvalue weighted by Gasteiger charge is 2.37. The summed E-state index contributed by atoms with van der Waals surface area (Å²) in [4.78, 5) is 11.2. The second kappa shape index (κ2) is 3.33. The number of allylic oxidation sites excluding steroid dienone is 1. The minimum absolute atomic E-state index is 0.342. The van der Waals surface area contributed by atoms with E-state index in [2.05, 4.69) is 4.74 Å². The third kappa shape index (κ3) is 1.48. The van der Waals surface area contributed by atoms with E-state index in [0.29, 0.717) is 11.0 Å². The van der Waals surface area contributed by atoms with E-state index in [1.807, 2.05) is 0 Å². The van der Waals surface area contributed by atoms with Crippen LogP contribution >= 0.6 is 11.6 Å². The second-order valence-electron chi connectivity index (χ2n) is 3.91. The Bertz CT molecular complexity index is 270. The van der Waals surface area contributed by atoms with Gasteiger partial charge in [0.25, 0.3) is 0 Å². The predicted octanol–water partition coefficient (Wildman–Crippen LogP) is 2.47. The molecule has 2 nitrogen and oxygen atoms in total. The van der Waals surface area contributed by atoms with E-state index in [-0.39, 0.29) is 5.97 Å². The maximum absolute atomic E-state index is 11.2. The predicted molar refractivity (Wildman–Crippen MR) is 50.3 cm³/mol. The van der Waals surface area contributed by atoms with Gasteiger partial charge in [0, 0.05) is 0 Å². The normalized spacial score (nSPS) is 34.9. The fourth-order valence-corrected chi connectivity index (χ4v) is 2.85.